The first kappa shape index (κ1) is 13.6. The number of rotatable bonds is 3. The van der Waals surface area contributed by atoms with Crippen LogP contribution in [-0.4, -0.2) is 21.7 Å². The predicted molar refractivity (Wildman–Crippen MR) is 81.6 cm³/mol. The average molecular weight is 298 g/mol. The molecule has 2 rings (SSSR count). The third-order valence-corrected chi connectivity index (χ3v) is 4.08. The number of hydrogen-bond donors (Lipinski definition) is 0. The van der Waals surface area contributed by atoms with E-state index >= 15 is 0 Å². The van der Waals surface area contributed by atoms with Gasteiger partial charge in [-0.05, 0) is 30.2 Å². The second kappa shape index (κ2) is 5.87. The number of halogens is 1. The van der Waals surface area contributed by atoms with Crippen molar-refractivity contribution < 1.29 is 4.79 Å². The van der Waals surface area contributed by atoms with Crippen molar-refractivity contribution in [3.05, 3.63) is 39.8 Å². The molecule has 0 N–H and O–H groups in total. The van der Waals surface area contributed by atoms with Gasteiger partial charge in [-0.25, -0.2) is 0 Å². The molecule has 0 bridgehead atoms. The molecule has 1 amide bonds. The highest BCUT2D eigenvalue weighted by Gasteiger charge is 2.30. The third kappa shape index (κ3) is 2.94. The summed E-state index contributed by atoms with van der Waals surface area (Å²) >= 11 is 12.5. The Labute approximate surface area is 121 Å². The first-order valence-corrected chi connectivity index (χ1v) is 7.23. The molecule has 5 heteroatoms. The second-order valence-corrected chi connectivity index (χ2v) is 6.00. The molecule has 1 saturated heterocycles. The molecule has 0 atom stereocenters. The minimum Gasteiger partial charge on any atom is -0.293 e. The van der Waals surface area contributed by atoms with Crippen LogP contribution in [0.15, 0.2) is 29.2 Å². The van der Waals surface area contributed by atoms with E-state index in [1.807, 2.05) is 31.2 Å². The molecule has 1 aromatic carbocycles. The van der Waals surface area contributed by atoms with Crippen LogP contribution in [0.25, 0.3) is 6.08 Å². The summed E-state index contributed by atoms with van der Waals surface area (Å²) < 4.78 is 0.634. The van der Waals surface area contributed by atoms with Crippen molar-refractivity contribution >= 4 is 51.9 Å². The summed E-state index contributed by atoms with van der Waals surface area (Å²) in [5, 5.41) is 0.660. The van der Waals surface area contributed by atoms with Crippen molar-refractivity contribution in [1.29, 1.82) is 0 Å². The summed E-state index contributed by atoms with van der Waals surface area (Å²) in [5.74, 6) is -0.00757. The molecule has 1 aliphatic heterocycles. The van der Waals surface area contributed by atoms with Gasteiger partial charge >= 0.3 is 0 Å². The number of carbonyl (C=O) groups is 1. The van der Waals surface area contributed by atoms with Crippen LogP contribution in [0.4, 0.5) is 0 Å². The zero-order valence-corrected chi connectivity index (χ0v) is 12.2. The summed E-state index contributed by atoms with van der Waals surface area (Å²) in [6.07, 6.45) is 2.73. The van der Waals surface area contributed by atoms with E-state index in [1.165, 1.54) is 11.8 Å². The van der Waals surface area contributed by atoms with Gasteiger partial charge in [-0.2, -0.15) is 0 Å². The molecule has 0 aliphatic carbocycles. The zero-order chi connectivity index (χ0) is 13.1. The molecule has 0 radical (unpaired) electrons. The molecule has 2 nitrogen and oxygen atoms in total. The SMILES string of the molecule is CCCN1C(=O)/C(=C/c2cccc(Cl)c2)SC1=S. The Morgan fingerprint density at radius 1 is 1.50 bits per heavy atom. The molecule has 94 valence electrons. The van der Waals surface area contributed by atoms with Crippen LogP contribution < -0.4 is 0 Å². The summed E-state index contributed by atoms with van der Waals surface area (Å²) in [5.41, 5.74) is 0.916. The maximum Gasteiger partial charge on any atom is 0.266 e. The van der Waals surface area contributed by atoms with Crippen LogP contribution in [0.5, 0.6) is 0 Å². The standard InChI is InChI=1S/C13H12ClNOS2/c1-2-6-15-12(16)11(18-13(15)17)8-9-4-3-5-10(14)7-9/h3-5,7-8H,2,6H2,1H3/b11-8-. The van der Waals surface area contributed by atoms with Crippen LogP contribution in [0, 0.1) is 0 Å². The van der Waals surface area contributed by atoms with E-state index in [4.69, 9.17) is 23.8 Å². The Hall–Kier alpha value is -0.840. The molecular weight excluding hydrogens is 286 g/mol. The van der Waals surface area contributed by atoms with Gasteiger partial charge in [0.05, 0.1) is 4.91 Å². The van der Waals surface area contributed by atoms with Crippen LogP contribution in [0.3, 0.4) is 0 Å². The Morgan fingerprint density at radius 3 is 2.94 bits per heavy atom. The Kier molecular flexibility index (Phi) is 4.43. The lowest BCUT2D eigenvalue weighted by Crippen LogP contribution is -2.28. The first-order valence-electron chi connectivity index (χ1n) is 5.62. The topological polar surface area (TPSA) is 20.3 Å². The van der Waals surface area contributed by atoms with Crippen LogP contribution in [0.1, 0.15) is 18.9 Å². The summed E-state index contributed by atoms with van der Waals surface area (Å²) in [6.45, 7) is 2.71. The van der Waals surface area contributed by atoms with Gasteiger partial charge in [0.1, 0.15) is 4.32 Å². The quantitative estimate of drug-likeness (QED) is 0.622. The molecule has 1 aromatic rings. The van der Waals surface area contributed by atoms with Crippen molar-refractivity contribution in [2.24, 2.45) is 0 Å². The van der Waals surface area contributed by atoms with Gasteiger partial charge in [-0.1, -0.05) is 54.6 Å². The summed E-state index contributed by atoms with van der Waals surface area (Å²) in [4.78, 5) is 14.4. The number of nitrogens with zero attached hydrogens (tertiary/aromatic N) is 1. The number of amides is 1. The fourth-order valence-electron chi connectivity index (χ4n) is 1.66. The number of carbonyl (C=O) groups excluding carboxylic acids is 1. The molecule has 0 unspecified atom stereocenters. The van der Waals surface area contributed by atoms with Crippen molar-refractivity contribution in [2.45, 2.75) is 13.3 Å². The molecule has 1 fully saturated rings. The Bertz CT molecular complexity index is 527. The lowest BCUT2D eigenvalue weighted by Gasteiger charge is -2.11. The minimum atomic E-state index is -0.00757. The van der Waals surface area contributed by atoms with Crippen LogP contribution in [0.2, 0.25) is 5.02 Å². The molecule has 1 aliphatic rings. The second-order valence-electron chi connectivity index (χ2n) is 3.89. The van der Waals surface area contributed by atoms with E-state index in [9.17, 15) is 4.79 Å². The van der Waals surface area contributed by atoms with Gasteiger partial charge in [0.15, 0.2) is 0 Å². The largest absolute Gasteiger partial charge is 0.293 e. The summed E-state index contributed by atoms with van der Waals surface area (Å²) in [7, 11) is 0. The Balaban J connectivity index is 2.25. The van der Waals surface area contributed by atoms with E-state index in [-0.39, 0.29) is 5.91 Å². The predicted octanol–water partition coefficient (Wildman–Crippen LogP) is 3.95. The van der Waals surface area contributed by atoms with Crippen molar-refractivity contribution in [2.75, 3.05) is 6.54 Å². The molecule has 0 aromatic heterocycles. The van der Waals surface area contributed by atoms with Gasteiger partial charge < -0.3 is 0 Å². The highest BCUT2D eigenvalue weighted by molar-refractivity contribution is 8.26. The fraction of sp³-hybridized carbons (Fsp3) is 0.231. The zero-order valence-electron chi connectivity index (χ0n) is 9.85. The molecule has 0 spiro atoms. The van der Waals surface area contributed by atoms with Crippen LogP contribution in [-0.2, 0) is 4.79 Å². The molecule has 0 saturated carbocycles. The van der Waals surface area contributed by atoms with E-state index in [0.29, 0.717) is 20.8 Å². The van der Waals surface area contributed by atoms with Gasteiger partial charge in [-0.15, -0.1) is 0 Å². The van der Waals surface area contributed by atoms with Crippen molar-refractivity contribution in [3.63, 3.8) is 0 Å². The molecule has 1 heterocycles. The highest BCUT2D eigenvalue weighted by Crippen LogP contribution is 2.32. The lowest BCUT2D eigenvalue weighted by molar-refractivity contribution is -0.122. The van der Waals surface area contributed by atoms with Gasteiger partial charge in [-0.3, -0.25) is 9.69 Å². The number of benzene rings is 1. The number of thiocarbonyl (C=S) groups is 1. The van der Waals surface area contributed by atoms with Crippen molar-refractivity contribution in [3.8, 4) is 0 Å². The highest BCUT2D eigenvalue weighted by atomic mass is 35.5. The maximum atomic E-state index is 12.1. The monoisotopic (exact) mass is 297 g/mol. The first-order chi connectivity index (χ1) is 8.61. The van der Waals surface area contributed by atoms with Gasteiger partial charge in [0, 0.05) is 11.6 Å². The lowest BCUT2D eigenvalue weighted by atomic mass is 10.2. The summed E-state index contributed by atoms with van der Waals surface area (Å²) in [6, 6.07) is 7.41. The van der Waals surface area contributed by atoms with E-state index in [2.05, 4.69) is 0 Å². The smallest absolute Gasteiger partial charge is 0.266 e. The van der Waals surface area contributed by atoms with E-state index in [1.54, 1.807) is 11.0 Å². The minimum absolute atomic E-state index is 0.00757. The average Bonchev–Trinajstić information content (AvgIpc) is 2.57. The van der Waals surface area contributed by atoms with Gasteiger partial charge in [0.25, 0.3) is 5.91 Å². The number of thioether (sulfide) groups is 1. The molecular formula is C13H12ClNOS2. The third-order valence-electron chi connectivity index (χ3n) is 2.47. The van der Waals surface area contributed by atoms with Crippen molar-refractivity contribution in [1.82, 2.24) is 4.90 Å². The fourth-order valence-corrected chi connectivity index (χ4v) is 3.17. The van der Waals surface area contributed by atoms with E-state index in [0.717, 1.165) is 12.0 Å². The van der Waals surface area contributed by atoms with E-state index < -0.39 is 0 Å². The van der Waals surface area contributed by atoms with Crippen LogP contribution >= 0.6 is 35.6 Å². The van der Waals surface area contributed by atoms with Gasteiger partial charge in [0.2, 0.25) is 0 Å². The molecule has 18 heavy (non-hydrogen) atoms. The number of hydrogen-bond acceptors (Lipinski definition) is 3. The Morgan fingerprint density at radius 2 is 2.28 bits per heavy atom. The normalized spacial score (nSPS) is 17.9. The maximum absolute atomic E-state index is 12.1.